The minimum atomic E-state index is -0.526. The normalized spacial score (nSPS) is 19.0. The first kappa shape index (κ1) is 28.1. The molecule has 0 bridgehead atoms. The predicted molar refractivity (Wildman–Crippen MR) is 146 cm³/mol. The molecule has 4 rings (SSSR count). The van der Waals surface area contributed by atoms with Crippen LogP contribution >= 0.6 is 23.2 Å². The van der Waals surface area contributed by atoms with E-state index < -0.39 is 5.91 Å². The number of piperazine rings is 1. The molecule has 2 aromatic heterocycles. The van der Waals surface area contributed by atoms with Crippen LogP contribution in [0.15, 0.2) is 12.1 Å². The average Bonchev–Trinajstić information content (AvgIpc) is 2.92. The Hall–Kier alpha value is -2.93. The number of anilines is 3. The monoisotopic (exact) mass is 565 g/mol. The molecule has 2 amide bonds. The van der Waals surface area contributed by atoms with Crippen LogP contribution in [0.3, 0.4) is 0 Å². The number of likely N-dealkylation sites (tertiary alicyclic amines) is 1. The molecule has 12 nitrogen and oxygen atoms in total. The summed E-state index contributed by atoms with van der Waals surface area (Å²) >= 11 is 12.3. The molecular weight excluding hydrogens is 533 g/mol. The quantitative estimate of drug-likeness (QED) is 0.394. The van der Waals surface area contributed by atoms with Crippen molar-refractivity contribution in [3.8, 4) is 0 Å². The van der Waals surface area contributed by atoms with Gasteiger partial charge in [-0.2, -0.15) is 0 Å². The summed E-state index contributed by atoms with van der Waals surface area (Å²) in [6, 6.07) is 3.82. The molecule has 0 unspecified atom stereocenters. The Kier molecular flexibility index (Phi) is 8.76. The van der Waals surface area contributed by atoms with Crippen LogP contribution in [-0.2, 0) is 4.84 Å². The van der Waals surface area contributed by atoms with E-state index in [4.69, 9.17) is 39.5 Å². The number of piperidine rings is 1. The van der Waals surface area contributed by atoms with Crippen molar-refractivity contribution in [3.05, 3.63) is 33.7 Å². The van der Waals surface area contributed by atoms with Crippen LogP contribution in [0.1, 0.15) is 47.0 Å². The zero-order valence-electron chi connectivity index (χ0n) is 21.7. The molecule has 4 N–H and O–H groups in total. The number of nitrogen functional groups attached to an aromatic ring is 2. The van der Waals surface area contributed by atoms with Gasteiger partial charge in [-0.3, -0.25) is 19.3 Å². The largest absolute Gasteiger partial charge is 0.383 e. The maximum Gasteiger partial charge on any atom is 0.299 e. The van der Waals surface area contributed by atoms with Gasteiger partial charge in [-0.05, 0) is 31.4 Å². The summed E-state index contributed by atoms with van der Waals surface area (Å²) in [5.41, 5.74) is 12.3. The van der Waals surface area contributed by atoms with Gasteiger partial charge in [0, 0.05) is 51.9 Å². The molecule has 1 atom stereocenters. The number of aromatic nitrogens is 3. The number of nitrogens with two attached hydrogens (primary N) is 2. The van der Waals surface area contributed by atoms with Crippen LogP contribution < -0.4 is 16.4 Å². The summed E-state index contributed by atoms with van der Waals surface area (Å²) in [6.45, 7) is 5.61. The Morgan fingerprint density at radius 2 is 1.79 bits per heavy atom. The molecule has 2 saturated heterocycles. The number of hydrogen-bond acceptors (Lipinski definition) is 10. The third-order valence-electron chi connectivity index (χ3n) is 7.27. The van der Waals surface area contributed by atoms with Crippen LogP contribution in [-0.4, -0.2) is 101 Å². The highest BCUT2D eigenvalue weighted by Gasteiger charge is 2.35. The molecule has 0 spiro atoms. The SMILES string of the molecule is CC[C@H]1CN(c2nc(N)c(C(=O)N(C)OC)nc2Cl)CCN1C1CCN(C(=O)c2ccc(Cl)nc2N)CC1. The lowest BCUT2D eigenvalue weighted by Crippen LogP contribution is -2.58. The summed E-state index contributed by atoms with van der Waals surface area (Å²) in [5.74, 6) is -0.0263. The first-order valence-corrected chi connectivity index (χ1v) is 13.3. The first-order valence-electron chi connectivity index (χ1n) is 12.5. The second-order valence-electron chi connectivity index (χ2n) is 9.39. The van der Waals surface area contributed by atoms with E-state index in [2.05, 4.69) is 31.7 Å². The van der Waals surface area contributed by atoms with Crippen molar-refractivity contribution in [1.82, 2.24) is 29.8 Å². The number of hydrogen-bond donors (Lipinski definition) is 2. The molecule has 2 aromatic rings. The van der Waals surface area contributed by atoms with Gasteiger partial charge >= 0.3 is 0 Å². The number of nitrogens with zero attached hydrogens (tertiary/aromatic N) is 7. The van der Waals surface area contributed by atoms with E-state index in [1.165, 1.54) is 14.2 Å². The summed E-state index contributed by atoms with van der Waals surface area (Å²) < 4.78 is 0. The lowest BCUT2D eigenvalue weighted by atomic mass is 9.97. The molecule has 14 heteroatoms. The highest BCUT2D eigenvalue weighted by molar-refractivity contribution is 6.32. The maximum atomic E-state index is 13.0. The molecular formula is C24H33Cl2N9O3. The number of halogens is 2. The van der Waals surface area contributed by atoms with E-state index in [1.54, 1.807) is 12.1 Å². The minimum Gasteiger partial charge on any atom is -0.383 e. The number of rotatable bonds is 6. The Bertz CT molecular complexity index is 1190. The summed E-state index contributed by atoms with van der Waals surface area (Å²) in [5, 5.41) is 1.40. The predicted octanol–water partition coefficient (Wildman–Crippen LogP) is 2.18. The van der Waals surface area contributed by atoms with Gasteiger partial charge in [-0.15, -0.1) is 0 Å². The van der Waals surface area contributed by atoms with Crippen molar-refractivity contribution in [2.75, 3.05) is 63.2 Å². The summed E-state index contributed by atoms with van der Waals surface area (Å²) in [4.78, 5) is 49.4. The first-order chi connectivity index (χ1) is 18.1. The maximum absolute atomic E-state index is 13.0. The van der Waals surface area contributed by atoms with E-state index in [9.17, 15) is 9.59 Å². The van der Waals surface area contributed by atoms with Crippen molar-refractivity contribution in [2.45, 2.75) is 38.3 Å². The standard InChI is InChI=1S/C24H33Cl2N9O3/c1-4-14-13-34(22-19(26)30-18(21(28)31-22)24(37)32(2)38-3)11-12-35(14)15-7-9-33(10-8-15)23(36)16-5-6-17(25)29-20(16)27/h5-6,14-15H,4,7-13H2,1-3H3,(H2,27,29)(H2,28,31)/t14-/m0/s1. The van der Waals surface area contributed by atoms with E-state index in [0.717, 1.165) is 30.9 Å². The molecule has 0 aromatic carbocycles. The van der Waals surface area contributed by atoms with Crippen molar-refractivity contribution in [3.63, 3.8) is 0 Å². The van der Waals surface area contributed by atoms with Gasteiger partial charge in [0.05, 0.1) is 12.7 Å². The lowest BCUT2D eigenvalue weighted by Gasteiger charge is -2.47. The molecule has 2 aliphatic heterocycles. The van der Waals surface area contributed by atoms with Gasteiger partial charge < -0.3 is 21.3 Å². The van der Waals surface area contributed by atoms with E-state index in [0.29, 0.717) is 43.6 Å². The van der Waals surface area contributed by atoms with Gasteiger partial charge in [0.1, 0.15) is 11.0 Å². The van der Waals surface area contributed by atoms with Gasteiger partial charge in [-0.1, -0.05) is 30.1 Å². The number of carbonyl (C=O) groups excluding carboxylic acids is 2. The van der Waals surface area contributed by atoms with Crippen molar-refractivity contribution in [1.29, 1.82) is 0 Å². The number of carbonyl (C=O) groups is 2. The van der Waals surface area contributed by atoms with Crippen molar-refractivity contribution in [2.24, 2.45) is 0 Å². The molecule has 4 heterocycles. The second-order valence-corrected chi connectivity index (χ2v) is 10.1. The Morgan fingerprint density at radius 3 is 2.42 bits per heavy atom. The number of pyridine rings is 1. The van der Waals surface area contributed by atoms with E-state index in [1.807, 2.05) is 4.90 Å². The fourth-order valence-corrected chi connectivity index (χ4v) is 5.52. The highest BCUT2D eigenvalue weighted by atomic mass is 35.5. The van der Waals surface area contributed by atoms with E-state index in [-0.39, 0.29) is 39.6 Å². The number of amides is 2. The molecule has 0 aliphatic carbocycles. The summed E-state index contributed by atoms with van der Waals surface area (Å²) in [7, 11) is 2.83. The molecule has 0 radical (unpaired) electrons. The number of hydroxylamine groups is 2. The van der Waals surface area contributed by atoms with Crippen LogP contribution in [0.25, 0.3) is 0 Å². The van der Waals surface area contributed by atoms with Crippen LogP contribution in [0, 0.1) is 0 Å². The Labute approximate surface area is 231 Å². The fourth-order valence-electron chi connectivity index (χ4n) is 5.12. The summed E-state index contributed by atoms with van der Waals surface area (Å²) in [6.07, 6.45) is 2.65. The molecule has 2 fully saturated rings. The van der Waals surface area contributed by atoms with E-state index >= 15 is 0 Å². The fraction of sp³-hybridized carbons (Fsp3) is 0.542. The lowest BCUT2D eigenvalue weighted by molar-refractivity contribution is -0.0760. The van der Waals surface area contributed by atoms with Gasteiger partial charge in [0.25, 0.3) is 11.8 Å². The zero-order chi connectivity index (χ0) is 27.6. The minimum absolute atomic E-state index is 0.00217. The van der Waals surface area contributed by atoms with Gasteiger partial charge in [0.15, 0.2) is 22.5 Å². The van der Waals surface area contributed by atoms with Gasteiger partial charge in [0.2, 0.25) is 0 Å². The zero-order valence-corrected chi connectivity index (χ0v) is 23.2. The third kappa shape index (κ3) is 5.73. The molecule has 0 saturated carbocycles. The molecule has 2 aliphatic rings. The molecule has 206 valence electrons. The van der Waals surface area contributed by atoms with Crippen molar-refractivity contribution < 1.29 is 14.4 Å². The topological polar surface area (TPSA) is 147 Å². The average molecular weight is 566 g/mol. The third-order valence-corrected chi connectivity index (χ3v) is 7.73. The Morgan fingerprint density at radius 1 is 1.08 bits per heavy atom. The van der Waals surface area contributed by atoms with Gasteiger partial charge in [-0.25, -0.2) is 20.0 Å². The highest BCUT2D eigenvalue weighted by Crippen LogP contribution is 2.30. The Balaban J connectivity index is 1.40. The van der Waals surface area contributed by atoms with Crippen LogP contribution in [0.5, 0.6) is 0 Å². The molecule has 38 heavy (non-hydrogen) atoms. The van der Waals surface area contributed by atoms with Crippen LogP contribution in [0.2, 0.25) is 10.3 Å². The van der Waals surface area contributed by atoms with Crippen LogP contribution in [0.4, 0.5) is 17.5 Å². The second kappa shape index (κ2) is 11.9. The van der Waals surface area contributed by atoms with Crippen molar-refractivity contribution >= 4 is 52.5 Å². The smallest absolute Gasteiger partial charge is 0.299 e.